The van der Waals surface area contributed by atoms with E-state index in [1.54, 1.807) is 4.90 Å². The number of rotatable bonds is 3. The van der Waals surface area contributed by atoms with Gasteiger partial charge in [0.05, 0.1) is 17.6 Å². The summed E-state index contributed by atoms with van der Waals surface area (Å²) in [7, 11) is 0. The number of thioether (sulfide) groups is 1. The molecule has 0 saturated carbocycles. The van der Waals surface area contributed by atoms with Gasteiger partial charge in [-0.2, -0.15) is 0 Å². The molecule has 0 aromatic heterocycles. The molecule has 0 aromatic carbocycles. The van der Waals surface area contributed by atoms with Crippen LogP contribution in [-0.2, 0) is 9.53 Å². The normalized spacial score (nSPS) is 32.6. The highest BCUT2D eigenvalue weighted by molar-refractivity contribution is 8.26. The Morgan fingerprint density at radius 3 is 3.05 bits per heavy atom. The molecular weight excluding hydrogens is 290 g/mol. The summed E-state index contributed by atoms with van der Waals surface area (Å²) in [6, 6.07) is 0. The summed E-state index contributed by atoms with van der Waals surface area (Å²) in [4.78, 5) is 15.0. The predicted molar refractivity (Wildman–Crippen MR) is 85.4 cm³/mol. The molecule has 0 unspecified atom stereocenters. The quantitative estimate of drug-likeness (QED) is 0.455. The SMILES string of the molecule is O=C1/C(=C\[C@@H]2CC=CCC2)SC(=S)N1C[C@H]1CCCO1. The molecule has 1 aliphatic carbocycles. The van der Waals surface area contributed by atoms with Crippen LogP contribution >= 0.6 is 24.0 Å². The van der Waals surface area contributed by atoms with Gasteiger partial charge in [0.2, 0.25) is 0 Å². The van der Waals surface area contributed by atoms with Crippen LogP contribution in [-0.4, -0.2) is 34.4 Å². The van der Waals surface area contributed by atoms with Gasteiger partial charge in [0.15, 0.2) is 0 Å². The van der Waals surface area contributed by atoms with E-state index in [0.717, 1.165) is 43.6 Å². The average Bonchev–Trinajstić information content (AvgIpc) is 3.05. The molecule has 0 bridgehead atoms. The number of thiocarbonyl (C=S) groups is 1. The van der Waals surface area contributed by atoms with Crippen LogP contribution in [0.5, 0.6) is 0 Å². The largest absolute Gasteiger partial charge is 0.376 e. The fraction of sp³-hybridized carbons (Fsp3) is 0.600. The van der Waals surface area contributed by atoms with Gasteiger partial charge in [0.25, 0.3) is 5.91 Å². The molecule has 0 radical (unpaired) electrons. The molecule has 20 heavy (non-hydrogen) atoms. The van der Waals surface area contributed by atoms with E-state index < -0.39 is 0 Å². The van der Waals surface area contributed by atoms with E-state index >= 15 is 0 Å². The number of hydrogen-bond donors (Lipinski definition) is 0. The number of carbonyl (C=O) groups excluding carboxylic acids is 1. The smallest absolute Gasteiger partial charge is 0.265 e. The number of allylic oxidation sites excluding steroid dienone is 3. The summed E-state index contributed by atoms with van der Waals surface area (Å²) in [6.07, 6.45) is 12.1. The topological polar surface area (TPSA) is 29.5 Å². The van der Waals surface area contributed by atoms with E-state index in [0.29, 0.717) is 16.8 Å². The monoisotopic (exact) mass is 309 g/mol. The molecule has 5 heteroatoms. The van der Waals surface area contributed by atoms with Gasteiger partial charge in [-0.25, -0.2) is 0 Å². The lowest BCUT2D eigenvalue weighted by atomic mass is 9.94. The zero-order valence-electron chi connectivity index (χ0n) is 11.4. The number of nitrogens with zero attached hydrogens (tertiary/aromatic N) is 1. The lowest BCUT2D eigenvalue weighted by Crippen LogP contribution is -2.35. The summed E-state index contributed by atoms with van der Waals surface area (Å²) < 4.78 is 6.29. The molecule has 108 valence electrons. The standard InChI is InChI=1S/C15H19NO2S2/c17-14-13(9-11-5-2-1-3-6-11)20-15(19)16(14)10-12-7-4-8-18-12/h1-2,9,11-12H,3-8,10H2/b13-9+/t11-,12-/m1/s1. The fourth-order valence-corrected chi connectivity index (χ4v) is 4.19. The number of amides is 1. The van der Waals surface area contributed by atoms with E-state index in [2.05, 4.69) is 18.2 Å². The van der Waals surface area contributed by atoms with E-state index in [1.165, 1.54) is 11.8 Å². The molecule has 1 amide bonds. The van der Waals surface area contributed by atoms with Crippen LogP contribution < -0.4 is 0 Å². The molecule has 3 nitrogen and oxygen atoms in total. The van der Waals surface area contributed by atoms with Crippen LogP contribution in [0, 0.1) is 5.92 Å². The lowest BCUT2D eigenvalue weighted by molar-refractivity contribution is -0.123. The Hall–Kier alpha value is -0.650. The number of carbonyl (C=O) groups is 1. The van der Waals surface area contributed by atoms with Gasteiger partial charge in [-0.1, -0.05) is 42.2 Å². The van der Waals surface area contributed by atoms with Gasteiger partial charge in [0.1, 0.15) is 4.32 Å². The minimum absolute atomic E-state index is 0.0741. The maximum atomic E-state index is 12.5. The summed E-state index contributed by atoms with van der Waals surface area (Å²) in [5, 5.41) is 0. The zero-order chi connectivity index (χ0) is 13.9. The summed E-state index contributed by atoms with van der Waals surface area (Å²) >= 11 is 6.80. The van der Waals surface area contributed by atoms with Crippen molar-refractivity contribution >= 4 is 34.2 Å². The Balaban J connectivity index is 1.66. The van der Waals surface area contributed by atoms with Gasteiger partial charge >= 0.3 is 0 Å². The van der Waals surface area contributed by atoms with Crippen LogP contribution in [0.15, 0.2) is 23.1 Å². The number of ether oxygens (including phenoxy) is 1. The summed E-state index contributed by atoms with van der Waals surface area (Å²) in [6.45, 7) is 1.43. The molecule has 2 fully saturated rings. The second kappa shape index (κ2) is 6.41. The predicted octanol–water partition coefficient (Wildman–Crippen LogP) is 3.27. The maximum absolute atomic E-state index is 12.5. The highest BCUT2D eigenvalue weighted by Gasteiger charge is 2.34. The molecule has 3 aliphatic rings. The van der Waals surface area contributed by atoms with Crippen molar-refractivity contribution in [2.45, 2.75) is 38.2 Å². The van der Waals surface area contributed by atoms with Crippen LogP contribution in [0.3, 0.4) is 0 Å². The first-order valence-electron chi connectivity index (χ1n) is 7.26. The molecule has 2 aliphatic heterocycles. The second-order valence-electron chi connectivity index (χ2n) is 5.49. The Morgan fingerprint density at radius 2 is 2.35 bits per heavy atom. The van der Waals surface area contributed by atoms with Crippen molar-refractivity contribution in [1.82, 2.24) is 4.90 Å². The van der Waals surface area contributed by atoms with E-state index in [-0.39, 0.29) is 12.0 Å². The van der Waals surface area contributed by atoms with Crippen LogP contribution in [0.25, 0.3) is 0 Å². The lowest BCUT2D eigenvalue weighted by Gasteiger charge is -2.18. The molecule has 2 saturated heterocycles. The van der Waals surface area contributed by atoms with Crippen molar-refractivity contribution in [3.63, 3.8) is 0 Å². The Kier molecular flexibility index (Phi) is 4.58. The average molecular weight is 309 g/mol. The Labute approximate surface area is 129 Å². The van der Waals surface area contributed by atoms with Gasteiger partial charge in [-0.05, 0) is 38.0 Å². The maximum Gasteiger partial charge on any atom is 0.265 e. The summed E-state index contributed by atoms with van der Waals surface area (Å²) in [5.74, 6) is 0.557. The van der Waals surface area contributed by atoms with Gasteiger partial charge in [-0.3, -0.25) is 9.69 Å². The van der Waals surface area contributed by atoms with Crippen molar-refractivity contribution in [2.75, 3.05) is 13.2 Å². The molecule has 0 N–H and O–H groups in total. The van der Waals surface area contributed by atoms with Crippen LogP contribution in [0.4, 0.5) is 0 Å². The van der Waals surface area contributed by atoms with Crippen molar-refractivity contribution in [2.24, 2.45) is 5.92 Å². The molecule has 0 aromatic rings. The molecule has 2 heterocycles. The highest BCUT2D eigenvalue weighted by Crippen LogP contribution is 2.34. The first-order chi connectivity index (χ1) is 9.74. The molecule has 2 atom stereocenters. The molecule has 3 rings (SSSR count). The Bertz CT molecular complexity index is 466. The van der Waals surface area contributed by atoms with E-state index in [1.807, 2.05) is 0 Å². The third-order valence-corrected chi connectivity index (χ3v) is 5.38. The molecule has 0 spiro atoms. The van der Waals surface area contributed by atoms with E-state index in [4.69, 9.17) is 17.0 Å². The van der Waals surface area contributed by atoms with E-state index in [9.17, 15) is 4.79 Å². The first-order valence-corrected chi connectivity index (χ1v) is 8.48. The Morgan fingerprint density at radius 1 is 1.45 bits per heavy atom. The van der Waals surface area contributed by atoms with Crippen LogP contribution in [0.1, 0.15) is 32.1 Å². The highest BCUT2D eigenvalue weighted by atomic mass is 32.2. The molecular formula is C15H19NO2S2. The van der Waals surface area contributed by atoms with Gasteiger partial charge in [-0.15, -0.1) is 0 Å². The first kappa shape index (κ1) is 14.3. The number of hydrogen-bond acceptors (Lipinski definition) is 4. The van der Waals surface area contributed by atoms with Crippen molar-refractivity contribution in [1.29, 1.82) is 0 Å². The third-order valence-electron chi connectivity index (χ3n) is 3.98. The minimum atomic E-state index is 0.0741. The fourth-order valence-electron chi connectivity index (χ4n) is 2.85. The van der Waals surface area contributed by atoms with Crippen molar-refractivity contribution < 1.29 is 9.53 Å². The second-order valence-corrected chi connectivity index (χ2v) is 7.17. The van der Waals surface area contributed by atoms with Gasteiger partial charge in [0, 0.05) is 6.61 Å². The van der Waals surface area contributed by atoms with Crippen molar-refractivity contribution in [3.05, 3.63) is 23.1 Å². The van der Waals surface area contributed by atoms with Crippen LogP contribution in [0.2, 0.25) is 0 Å². The zero-order valence-corrected chi connectivity index (χ0v) is 13.0. The van der Waals surface area contributed by atoms with Gasteiger partial charge < -0.3 is 4.74 Å². The summed E-state index contributed by atoms with van der Waals surface area (Å²) in [5.41, 5.74) is 0. The minimum Gasteiger partial charge on any atom is -0.376 e. The van der Waals surface area contributed by atoms with Crippen molar-refractivity contribution in [3.8, 4) is 0 Å². The third kappa shape index (κ3) is 3.15.